The first-order valence-corrected chi connectivity index (χ1v) is 9.20. The summed E-state index contributed by atoms with van der Waals surface area (Å²) in [6.07, 6.45) is 3.96. The Morgan fingerprint density at radius 3 is 2.50 bits per heavy atom. The topological polar surface area (TPSA) is 71.3 Å². The molecule has 24 heavy (non-hydrogen) atoms. The smallest absolute Gasteiger partial charge is 0.287 e. The van der Waals surface area contributed by atoms with E-state index in [1.807, 2.05) is 43.5 Å². The molecule has 0 aliphatic rings. The molecule has 2 amide bonds. The predicted molar refractivity (Wildman–Crippen MR) is 96.0 cm³/mol. The van der Waals surface area contributed by atoms with Gasteiger partial charge in [0.15, 0.2) is 5.76 Å². The highest BCUT2D eigenvalue weighted by Crippen LogP contribution is 2.12. The molecule has 5 nitrogen and oxygen atoms in total. The predicted octanol–water partition coefficient (Wildman–Crippen LogP) is 3.01. The monoisotopic (exact) mass is 346 g/mol. The molecule has 1 aromatic heterocycles. The summed E-state index contributed by atoms with van der Waals surface area (Å²) >= 11 is 1.63. The molecule has 0 aliphatic carbocycles. The quantitative estimate of drug-likeness (QED) is 0.771. The van der Waals surface area contributed by atoms with Crippen molar-refractivity contribution in [1.29, 1.82) is 0 Å². The molecule has 0 radical (unpaired) electrons. The third-order valence-corrected chi connectivity index (χ3v) is 4.28. The molecule has 2 atom stereocenters. The van der Waals surface area contributed by atoms with Crippen molar-refractivity contribution in [1.82, 2.24) is 10.6 Å². The van der Waals surface area contributed by atoms with E-state index in [2.05, 4.69) is 10.6 Å². The Bertz CT molecular complexity index is 644. The van der Waals surface area contributed by atoms with E-state index in [0.29, 0.717) is 6.42 Å². The van der Waals surface area contributed by atoms with E-state index in [1.165, 1.54) is 6.26 Å². The van der Waals surface area contributed by atoms with Crippen molar-refractivity contribution in [2.75, 3.05) is 12.0 Å². The SMILES string of the molecule is CSCC[C@H](NC(=O)c1ccco1)C(=O)N[C@@H](C)c1ccccc1. The normalized spacial score (nSPS) is 13.1. The molecule has 0 aliphatic heterocycles. The Kier molecular flexibility index (Phi) is 6.93. The Balaban J connectivity index is 2.00. The van der Waals surface area contributed by atoms with Gasteiger partial charge in [0.2, 0.25) is 5.91 Å². The highest BCUT2D eigenvalue weighted by Gasteiger charge is 2.23. The third-order valence-electron chi connectivity index (χ3n) is 3.64. The molecule has 1 aromatic carbocycles. The Hall–Kier alpha value is -2.21. The van der Waals surface area contributed by atoms with Gasteiger partial charge in [0.1, 0.15) is 6.04 Å². The molecule has 0 unspecified atom stereocenters. The molecule has 2 rings (SSSR count). The average Bonchev–Trinajstić information content (AvgIpc) is 3.13. The molecule has 0 spiro atoms. The minimum atomic E-state index is -0.596. The zero-order valence-electron chi connectivity index (χ0n) is 13.8. The summed E-state index contributed by atoms with van der Waals surface area (Å²) in [6, 6.07) is 12.2. The number of thioether (sulfide) groups is 1. The number of furan rings is 1. The molecule has 0 saturated carbocycles. The maximum Gasteiger partial charge on any atom is 0.287 e. The zero-order chi connectivity index (χ0) is 17.4. The van der Waals surface area contributed by atoms with E-state index >= 15 is 0 Å². The molecule has 2 N–H and O–H groups in total. The van der Waals surface area contributed by atoms with E-state index in [9.17, 15) is 9.59 Å². The minimum Gasteiger partial charge on any atom is -0.459 e. The van der Waals surface area contributed by atoms with Crippen LogP contribution in [-0.2, 0) is 4.79 Å². The van der Waals surface area contributed by atoms with E-state index < -0.39 is 6.04 Å². The van der Waals surface area contributed by atoms with Crippen LogP contribution in [0, 0.1) is 0 Å². The van der Waals surface area contributed by atoms with Gasteiger partial charge in [0.25, 0.3) is 5.91 Å². The summed E-state index contributed by atoms with van der Waals surface area (Å²) in [6.45, 7) is 1.92. The fraction of sp³-hybridized carbons (Fsp3) is 0.333. The van der Waals surface area contributed by atoms with E-state index in [-0.39, 0.29) is 23.6 Å². The summed E-state index contributed by atoms with van der Waals surface area (Å²) < 4.78 is 5.08. The molecule has 0 bridgehead atoms. The van der Waals surface area contributed by atoms with Crippen molar-refractivity contribution in [3.8, 4) is 0 Å². The largest absolute Gasteiger partial charge is 0.459 e. The standard InChI is InChI=1S/C18H22N2O3S/c1-13(14-7-4-3-5-8-14)19-17(21)15(10-12-24-2)20-18(22)16-9-6-11-23-16/h3-9,11,13,15H,10,12H2,1-2H3,(H,19,21)(H,20,22)/t13-,15-/m0/s1. The minimum absolute atomic E-state index is 0.129. The van der Waals surface area contributed by atoms with Gasteiger partial charge in [0.05, 0.1) is 12.3 Å². The lowest BCUT2D eigenvalue weighted by Gasteiger charge is -2.21. The maximum absolute atomic E-state index is 12.6. The van der Waals surface area contributed by atoms with Crippen LogP contribution < -0.4 is 10.6 Å². The van der Waals surface area contributed by atoms with Gasteiger partial charge in [-0.3, -0.25) is 9.59 Å². The number of rotatable bonds is 8. The van der Waals surface area contributed by atoms with Gasteiger partial charge in [-0.1, -0.05) is 30.3 Å². The number of benzene rings is 1. The second-order valence-corrected chi connectivity index (χ2v) is 6.41. The third kappa shape index (κ3) is 5.16. The van der Waals surface area contributed by atoms with Crippen LogP contribution in [0.4, 0.5) is 0 Å². The first-order chi connectivity index (χ1) is 11.6. The van der Waals surface area contributed by atoms with Crippen LogP contribution in [-0.4, -0.2) is 29.9 Å². The molecule has 0 fully saturated rings. The van der Waals surface area contributed by atoms with Crippen molar-refractivity contribution in [3.05, 3.63) is 60.1 Å². The number of nitrogens with one attached hydrogen (secondary N) is 2. The summed E-state index contributed by atoms with van der Waals surface area (Å²) in [7, 11) is 0. The summed E-state index contributed by atoms with van der Waals surface area (Å²) in [5.41, 5.74) is 1.02. The van der Waals surface area contributed by atoms with Gasteiger partial charge >= 0.3 is 0 Å². The van der Waals surface area contributed by atoms with Crippen LogP contribution in [0.15, 0.2) is 53.1 Å². The molecule has 6 heteroatoms. The Morgan fingerprint density at radius 1 is 1.12 bits per heavy atom. The first-order valence-electron chi connectivity index (χ1n) is 7.80. The Morgan fingerprint density at radius 2 is 1.88 bits per heavy atom. The van der Waals surface area contributed by atoms with Crippen molar-refractivity contribution in [2.24, 2.45) is 0 Å². The van der Waals surface area contributed by atoms with E-state index in [4.69, 9.17) is 4.42 Å². The fourth-order valence-electron chi connectivity index (χ4n) is 2.28. The van der Waals surface area contributed by atoms with Gasteiger partial charge in [-0.05, 0) is 43.0 Å². The number of carbonyl (C=O) groups is 2. The number of hydrogen-bond acceptors (Lipinski definition) is 4. The van der Waals surface area contributed by atoms with Crippen LogP contribution in [0.2, 0.25) is 0 Å². The van der Waals surface area contributed by atoms with Crippen molar-refractivity contribution in [2.45, 2.75) is 25.4 Å². The lowest BCUT2D eigenvalue weighted by Crippen LogP contribution is -2.47. The lowest BCUT2D eigenvalue weighted by atomic mass is 10.1. The zero-order valence-corrected chi connectivity index (χ0v) is 14.6. The molecule has 0 saturated heterocycles. The summed E-state index contributed by atoms with van der Waals surface area (Å²) in [5.74, 6) is 0.401. The molecular weight excluding hydrogens is 324 g/mol. The molecule has 2 aromatic rings. The van der Waals surface area contributed by atoms with Crippen LogP contribution in [0.5, 0.6) is 0 Å². The maximum atomic E-state index is 12.6. The number of carbonyl (C=O) groups excluding carboxylic acids is 2. The van der Waals surface area contributed by atoms with E-state index in [0.717, 1.165) is 11.3 Å². The summed E-state index contributed by atoms with van der Waals surface area (Å²) in [5, 5.41) is 5.72. The van der Waals surface area contributed by atoms with Gasteiger partial charge in [-0.2, -0.15) is 11.8 Å². The number of hydrogen-bond donors (Lipinski definition) is 2. The molecular formula is C18H22N2O3S. The first kappa shape index (κ1) is 18.1. The second kappa shape index (κ2) is 9.17. The van der Waals surface area contributed by atoms with Gasteiger partial charge in [0, 0.05) is 0 Å². The van der Waals surface area contributed by atoms with Crippen molar-refractivity contribution in [3.63, 3.8) is 0 Å². The number of amides is 2. The second-order valence-electron chi connectivity index (χ2n) is 5.43. The van der Waals surface area contributed by atoms with Crippen LogP contribution in [0.25, 0.3) is 0 Å². The highest BCUT2D eigenvalue weighted by atomic mass is 32.2. The van der Waals surface area contributed by atoms with Crippen LogP contribution in [0.3, 0.4) is 0 Å². The van der Waals surface area contributed by atoms with Gasteiger partial charge in [-0.15, -0.1) is 0 Å². The highest BCUT2D eigenvalue weighted by molar-refractivity contribution is 7.98. The molecule has 1 heterocycles. The van der Waals surface area contributed by atoms with E-state index in [1.54, 1.807) is 23.9 Å². The Labute approximate surface area is 146 Å². The lowest BCUT2D eigenvalue weighted by molar-refractivity contribution is -0.123. The van der Waals surface area contributed by atoms with Crippen molar-refractivity contribution >= 4 is 23.6 Å². The summed E-state index contributed by atoms with van der Waals surface area (Å²) in [4.78, 5) is 24.7. The van der Waals surface area contributed by atoms with Crippen LogP contribution in [0.1, 0.15) is 35.5 Å². The average molecular weight is 346 g/mol. The van der Waals surface area contributed by atoms with Gasteiger partial charge in [-0.25, -0.2) is 0 Å². The fourth-order valence-corrected chi connectivity index (χ4v) is 2.75. The molecule has 128 valence electrons. The van der Waals surface area contributed by atoms with Gasteiger partial charge < -0.3 is 15.1 Å². The van der Waals surface area contributed by atoms with Crippen molar-refractivity contribution < 1.29 is 14.0 Å². The van der Waals surface area contributed by atoms with Crippen LogP contribution >= 0.6 is 11.8 Å².